The zero-order valence-corrected chi connectivity index (χ0v) is 9.39. The number of hydrogen-bond donors (Lipinski definition) is 2. The molecule has 2 aliphatic rings. The van der Waals surface area contributed by atoms with E-state index in [2.05, 4.69) is 12.2 Å². The van der Waals surface area contributed by atoms with Gasteiger partial charge in [0.05, 0.1) is 0 Å². The Kier molecular flexibility index (Phi) is 3.13. The van der Waals surface area contributed by atoms with Gasteiger partial charge < -0.3 is 11.1 Å². The van der Waals surface area contributed by atoms with E-state index in [1.165, 1.54) is 45.1 Å². The predicted molar refractivity (Wildman–Crippen MR) is 60.1 cm³/mol. The van der Waals surface area contributed by atoms with Gasteiger partial charge in [-0.15, -0.1) is 0 Å². The van der Waals surface area contributed by atoms with Gasteiger partial charge in [0.2, 0.25) is 0 Å². The maximum absolute atomic E-state index is 5.83. The van der Waals surface area contributed by atoms with Crippen molar-refractivity contribution in [3.63, 3.8) is 0 Å². The van der Waals surface area contributed by atoms with Crippen LogP contribution >= 0.6 is 0 Å². The van der Waals surface area contributed by atoms with Gasteiger partial charge in [0, 0.05) is 6.04 Å². The fraction of sp³-hybridized carbons (Fsp3) is 1.00. The minimum atomic E-state index is 0.530. The quantitative estimate of drug-likeness (QED) is 0.705. The molecule has 0 aromatic heterocycles. The normalized spacial score (nSPS) is 34.7. The summed E-state index contributed by atoms with van der Waals surface area (Å²) in [6.07, 6.45) is 8.20. The topological polar surface area (TPSA) is 38.0 Å². The van der Waals surface area contributed by atoms with Crippen LogP contribution in [0.15, 0.2) is 0 Å². The number of nitrogens with two attached hydrogens (primary N) is 1. The fourth-order valence-corrected chi connectivity index (χ4v) is 2.84. The van der Waals surface area contributed by atoms with E-state index in [1.54, 1.807) is 0 Å². The molecule has 0 aromatic carbocycles. The number of rotatable bonds is 5. The molecule has 14 heavy (non-hydrogen) atoms. The molecule has 2 fully saturated rings. The van der Waals surface area contributed by atoms with Crippen LogP contribution in [0.25, 0.3) is 0 Å². The van der Waals surface area contributed by atoms with Crippen molar-refractivity contribution in [2.45, 2.75) is 51.5 Å². The first-order valence-electron chi connectivity index (χ1n) is 6.18. The largest absolute Gasteiger partial charge is 0.330 e. The third-order valence-electron chi connectivity index (χ3n) is 4.31. The molecule has 0 unspecified atom stereocenters. The maximum atomic E-state index is 5.83. The summed E-state index contributed by atoms with van der Waals surface area (Å²) >= 11 is 0. The summed E-state index contributed by atoms with van der Waals surface area (Å²) in [4.78, 5) is 0. The molecule has 0 aromatic rings. The van der Waals surface area contributed by atoms with Crippen molar-refractivity contribution in [2.24, 2.45) is 17.1 Å². The lowest BCUT2D eigenvalue weighted by Crippen LogP contribution is -2.44. The Labute approximate surface area is 87.6 Å². The van der Waals surface area contributed by atoms with Crippen LogP contribution in [-0.4, -0.2) is 19.1 Å². The summed E-state index contributed by atoms with van der Waals surface area (Å²) in [5.74, 6) is 0.958. The van der Waals surface area contributed by atoms with Gasteiger partial charge in [-0.2, -0.15) is 0 Å². The van der Waals surface area contributed by atoms with Gasteiger partial charge in [-0.1, -0.05) is 13.3 Å². The molecule has 2 nitrogen and oxygen atoms in total. The smallest absolute Gasteiger partial charge is 0.00721 e. The van der Waals surface area contributed by atoms with E-state index in [4.69, 9.17) is 5.73 Å². The maximum Gasteiger partial charge on any atom is 0.00721 e. The summed E-state index contributed by atoms with van der Waals surface area (Å²) in [5, 5.41) is 3.65. The second-order valence-electron chi connectivity index (χ2n) is 5.54. The Hall–Kier alpha value is -0.0800. The molecular weight excluding hydrogens is 172 g/mol. The summed E-state index contributed by atoms with van der Waals surface area (Å²) in [6, 6.07) is 0.819. The summed E-state index contributed by atoms with van der Waals surface area (Å²) in [7, 11) is 0. The van der Waals surface area contributed by atoms with E-state index in [0.29, 0.717) is 5.41 Å². The lowest BCUT2D eigenvalue weighted by Gasteiger charge is -2.42. The van der Waals surface area contributed by atoms with Crippen molar-refractivity contribution < 1.29 is 0 Å². The van der Waals surface area contributed by atoms with Crippen molar-refractivity contribution in [1.29, 1.82) is 0 Å². The number of nitrogens with one attached hydrogen (secondary N) is 1. The van der Waals surface area contributed by atoms with Crippen molar-refractivity contribution >= 4 is 0 Å². The molecule has 0 heterocycles. The first-order valence-corrected chi connectivity index (χ1v) is 6.18. The van der Waals surface area contributed by atoms with Gasteiger partial charge in [-0.3, -0.25) is 0 Å². The first kappa shape index (κ1) is 10.4. The average Bonchev–Trinajstić information content (AvgIpc) is 2.06. The van der Waals surface area contributed by atoms with Gasteiger partial charge in [0.25, 0.3) is 0 Å². The Balaban J connectivity index is 1.58. The highest BCUT2D eigenvalue weighted by molar-refractivity contribution is 4.90. The molecule has 0 saturated heterocycles. The summed E-state index contributed by atoms with van der Waals surface area (Å²) in [6.45, 7) is 4.43. The van der Waals surface area contributed by atoms with Crippen LogP contribution in [-0.2, 0) is 0 Å². The van der Waals surface area contributed by atoms with Crippen molar-refractivity contribution in [3.05, 3.63) is 0 Å². The molecule has 0 spiro atoms. The van der Waals surface area contributed by atoms with E-state index in [9.17, 15) is 0 Å². The number of hydrogen-bond acceptors (Lipinski definition) is 2. The minimum Gasteiger partial charge on any atom is -0.330 e. The highest BCUT2D eigenvalue weighted by Gasteiger charge is 2.35. The van der Waals surface area contributed by atoms with E-state index < -0.39 is 0 Å². The molecule has 0 atom stereocenters. The molecule has 0 amide bonds. The van der Waals surface area contributed by atoms with Crippen LogP contribution in [0.4, 0.5) is 0 Å². The van der Waals surface area contributed by atoms with Gasteiger partial charge in [-0.05, 0) is 56.5 Å². The second kappa shape index (κ2) is 4.19. The molecule has 2 rings (SSSR count). The van der Waals surface area contributed by atoms with Crippen molar-refractivity contribution in [3.8, 4) is 0 Å². The Morgan fingerprint density at radius 3 is 2.50 bits per heavy atom. The fourth-order valence-electron chi connectivity index (χ4n) is 2.84. The molecule has 82 valence electrons. The van der Waals surface area contributed by atoms with Crippen LogP contribution in [0.5, 0.6) is 0 Å². The van der Waals surface area contributed by atoms with Gasteiger partial charge >= 0.3 is 0 Å². The molecule has 0 aliphatic heterocycles. The lowest BCUT2D eigenvalue weighted by molar-refractivity contribution is 0.123. The Morgan fingerprint density at radius 2 is 2.07 bits per heavy atom. The zero-order chi connectivity index (χ0) is 10.0. The molecule has 3 N–H and O–H groups in total. The van der Waals surface area contributed by atoms with E-state index in [0.717, 1.165) is 18.5 Å². The SMILES string of the molecule is CC1CC(NCCC2(CN)CCC2)C1. The van der Waals surface area contributed by atoms with Crippen LogP contribution in [0.2, 0.25) is 0 Å². The predicted octanol–water partition coefficient (Wildman–Crippen LogP) is 1.89. The van der Waals surface area contributed by atoms with Gasteiger partial charge in [-0.25, -0.2) is 0 Å². The van der Waals surface area contributed by atoms with Crippen LogP contribution in [0.3, 0.4) is 0 Å². The van der Waals surface area contributed by atoms with Gasteiger partial charge in [0.15, 0.2) is 0 Å². The zero-order valence-electron chi connectivity index (χ0n) is 9.39. The molecule has 2 heteroatoms. The van der Waals surface area contributed by atoms with Crippen LogP contribution in [0.1, 0.15) is 45.4 Å². The minimum absolute atomic E-state index is 0.530. The van der Waals surface area contributed by atoms with Crippen LogP contribution in [0, 0.1) is 11.3 Å². The second-order valence-corrected chi connectivity index (χ2v) is 5.54. The van der Waals surface area contributed by atoms with E-state index >= 15 is 0 Å². The average molecular weight is 196 g/mol. The van der Waals surface area contributed by atoms with E-state index in [1.807, 2.05) is 0 Å². The Bertz CT molecular complexity index is 175. The van der Waals surface area contributed by atoms with Crippen LogP contribution < -0.4 is 11.1 Å². The lowest BCUT2D eigenvalue weighted by atomic mass is 9.66. The summed E-state index contributed by atoms with van der Waals surface area (Å²) in [5.41, 5.74) is 6.36. The molecule has 0 bridgehead atoms. The Morgan fingerprint density at radius 1 is 1.36 bits per heavy atom. The summed E-state index contributed by atoms with van der Waals surface area (Å²) < 4.78 is 0. The van der Waals surface area contributed by atoms with Crippen molar-refractivity contribution in [1.82, 2.24) is 5.32 Å². The molecular formula is C12H24N2. The molecule has 2 aliphatic carbocycles. The van der Waals surface area contributed by atoms with Gasteiger partial charge in [0.1, 0.15) is 0 Å². The first-order chi connectivity index (χ1) is 6.74. The standard InChI is InChI=1S/C12H24N2/c1-10-7-11(8-10)14-6-5-12(9-13)3-2-4-12/h10-11,14H,2-9,13H2,1H3. The van der Waals surface area contributed by atoms with E-state index in [-0.39, 0.29) is 0 Å². The third-order valence-corrected chi connectivity index (χ3v) is 4.31. The monoisotopic (exact) mass is 196 g/mol. The highest BCUT2D eigenvalue weighted by atomic mass is 14.9. The molecule has 2 saturated carbocycles. The third kappa shape index (κ3) is 2.12. The van der Waals surface area contributed by atoms with Crippen molar-refractivity contribution in [2.75, 3.05) is 13.1 Å². The molecule has 0 radical (unpaired) electrons. The highest BCUT2D eigenvalue weighted by Crippen LogP contribution is 2.42.